The van der Waals surface area contributed by atoms with Crippen LogP contribution in [0.4, 0.5) is 11.4 Å². The Morgan fingerprint density at radius 3 is 2.57 bits per heavy atom. The fourth-order valence-corrected chi connectivity index (χ4v) is 2.65. The van der Waals surface area contributed by atoms with Gasteiger partial charge in [-0.3, -0.25) is 9.78 Å². The fraction of sp³-hybridized carbons (Fsp3) is 0.294. The minimum atomic E-state index is -0.297. The molecule has 2 aromatic rings. The second-order valence-electron chi connectivity index (χ2n) is 5.29. The molecule has 0 aliphatic rings. The number of hydrogen-bond acceptors (Lipinski definition) is 3. The first kappa shape index (κ1) is 17.6. The Balaban J connectivity index is 2.13. The summed E-state index contributed by atoms with van der Waals surface area (Å²) < 4.78 is 0. The van der Waals surface area contributed by atoms with Gasteiger partial charge in [0, 0.05) is 41.2 Å². The molecule has 0 radical (unpaired) electrons. The number of anilines is 2. The van der Waals surface area contributed by atoms with Crippen LogP contribution in [0.3, 0.4) is 0 Å². The molecule has 122 valence electrons. The van der Waals surface area contributed by atoms with E-state index in [0.29, 0.717) is 21.4 Å². The van der Waals surface area contributed by atoms with E-state index in [9.17, 15) is 4.79 Å². The molecule has 0 saturated heterocycles. The summed E-state index contributed by atoms with van der Waals surface area (Å²) in [5.41, 5.74) is 1.85. The normalized spacial score (nSPS) is 10.4. The molecule has 23 heavy (non-hydrogen) atoms. The van der Waals surface area contributed by atoms with E-state index in [0.717, 1.165) is 25.1 Å². The third-order valence-corrected chi connectivity index (χ3v) is 3.82. The predicted molar refractivity (Wildman–Crippen MR) is 96.8 cm³/mol. The standard InChI is InChI=1S/C17H19Cl2N3O/c1-3-4-7-22(2)15-5-6-20-16(11-15)17(23)21-14-9-12(18)8-13(19)10-14/h5-6,8-11H,3-4,7H2,1-2H3,(H,21,23). The number of unbranched alkanes of at least 4 members (excludes halogenated alkanes) is 1. The Morgan fingerprint density at radius 1 is 1.22 bits per heavy atom. The molecule has 0 atom stereocenters. The highest BCUT2D eigenvalue weighted by Crippen LogP contribution is 2.23. The van der Waals surface area contributed by atoms with Gasteiger partial charge in [-0.05, 0) is 36.8 Å². The van der Waals surface area contributed by atoms with E-state index in [-0.39, 0.29) is 5.91 Å². The molecule has 2 rings (SSSR count). The van der Waals surface area contributed by atoms with Crippen molar-refractivity contribution in [1.29, 1.82) is 0 Å². The van der Waals surface area contributed by atoms with Crippen molar-refractivity contribution in [3.63, 3.8) is 0 Å². The fourth-order valence-electron chi connectivity index (χ4n) is 2.13. The summed E-state index contributed by atoms with van der Waals surface area (Å²) in [4.78, 5) is 18.6. The highest BCUT2D eigenvalue weighted by Gasteiger charge is 2.11. The molecule has 0 unspecified atom stereocenters. The SMILES string of the molecule is CCCCN(C)c1ccnc(C(=O)Nc2cc(Cl)cc(Cl)c2)c1. The number of carbonyl (C=O) groups is 1. The lowest BCUT2D eigenvalue weighted by atomic mass is 10.2. The number of amides is 1. The minimum Gasteiger partial charge on any atom is -0.374 e. The lowest BCUT2D eigenvalue weighted by molar-refractivity contribution is 0.102. The van der Waals surface area contributed by atoms with Gasteiger partial charge in [0.05, 0.1) is 0 Å². The van der Waals surface area contributed by atoms with Crippen molar-refractivity contribution in [2.75, 3.05) is 23.8 Å². The average Bonchev–Trinajstić information content (AvgIpc) is 2.51. The van der Waals surface area contributed by atoms with Crippen LogP contribution < -0.4 is 10.2 Å². The van der Waals surface area contributed by atoms with Crippen molar-refractivity contribution in [3.8, 4) is 0 Å². The van der Waals surface area contributed by atoms with Crippen molar-refractivity contribution in [2.45, 2.75) is 19.8 Å². The molecular weight excluding hydrogens is 333 g/mol. The molecule has 0 bridgehead atoms. The molecule has 1 amide bonds. The van der Waals surface area contributed by atoms with Crippen molar-refractivity contribution >= 4 is 40.5 Å². The second-order valence-corrected chi connectivity index (χ2v) is 6.16. The van der Waals surface area contributed by atoms with Gasteiger partial charge in [0.15, 0.2) is 0 Å². The van der Waals surface area contributed by atoms with Crippen LogP contribution in [0.1, 0.15) is 30.3 Å². The highest BCUT2D eigenvalue weighted by molar-refractivity contribution is 6.35. The molecule has 1 heterocycles. The van der Waals surface area contributed by atoms with Crippen LogP contribution in [-0.2, 0) is 0 Å². The number of carbonyl (C=O) groups excluding carboxylic acids is 1. The van der Waals surface area contributed by atoms with E-state index >= 15 is 0 Å². The Labute approximate surface area is 146 Å². The average molecular weight is 352 g/mol. The van der Waals surface area contributed by atoms with Gasteiger partial charge in [0.1, 0.15) is 5.69 Å². The molecule has 1 aromatic carbocycles. The topological polar surface area (TPSA) is 45.2 Å². The maximum Gasteiger partial charge on any atom is 0.274 e. The first-order valence-corrected chi connectivity index (χ1v) is 8.20. The van der Waals surface area contributed by atoms with Crippen molar-refractivity contribution in [1.82, 2.24) is 4.98 Å². The van der Waals surface area contributed by atoms with Crippen LogP contribution in [0.25, 0.3) is 0 Å². The van der Waals surface area contributed by atoms with Gasteiger partial charge in [-0.2, -0.15) is 0 Å². The van der Waals surface area contributed by atoms with E-state index in [1.54, 1.807) is 30.5 Å². The number of benzene rings is 1. The number of hydrogen-bond donors (Lipinski definition) is 1. The van der Waals surface area contributed by atoms with Crippen LogP contribution in [0.15, 0.2) is 36.5 Å². The largest absolute Gasteiger partial charge is 0.374 e. The predicted octanol–water partition coefficient (Wildman–Crippen LogP) is 4.88. The molecular formula is C17H19Cl2N3O. The Hall–Kier alpha value is -1.78. The maximum atomic E-state index is 12.3. The number of aromatic nitrogens is 1. The first-order chi connectivity index (χ1) is 11.0. The smallest absolute Gasteiger partial charge is 0.274 e. The summed E-state index contributed by atoms with van der Waals surface area (Å²) in [7, 11) is 2.00. The molecule has 1 N–H and O–H groups in total. The van der Waals surface area contributed by atoms with Crippen LogP contribution in [0, 0.1) is 0 Å². The molecule has 0 aliphatic carbocycles. The third kappa shape index (κ3) is 5.12. The van der Waals surface area contributed by atoms with Crippen molar-refractivity contribution in [3.05, 3.63) is 52.3 Å². The van der Waals surface area contributed by atoms with Crippen LogP contribution in [0.2, 0.25) is 10.0 Å². The van der Waals surface area contributed by atoms with Crippen molar-refractivity contribution in [2.24, 2.45) is 0 Å². The maximum absolute atomic E-state index is 12.3. The van der Waals surface area contributed by atoms with Gasteiger partial charge >= 0.3 is 0 Å². The zero-order valence-corrected chi connectivity index (χ0v) is 14.7. The Kier molecular flexibility index (Phi) is 6.25. The van der Waals surface area contributed by atoms with E-state index in [1.165, 1.54) is 0 Å². The van der Waals surface area contributed by atoms with E-state index in [1.807, 2.05) is 13.1 Å². The van der Waals surface area contributed by atoms with Gasteiger partial charge in [-0.1, -0.05) is 36.5 Å². The summed E-state index contributed by atoms with van der Waals surface area (Å²) in [5.74, 6) is -0.297. The zero-order valence-electron chi connectivity index (χ0n) is 13.1. The van der Waals surface area contributed by atoms with Crippen molar-refractivity contribution < 1.29 is 4.79 Å². The third-order valence-electron chi connectivity index (χ3n) is 3.38. The summed E-state index contributed by atoms with van der Waals surface area (Å²) in [5, 5.41) is 3.69. The summed E-state index contributed by atoms with van der Waals surface area (Å²) in [6, 6.07) is 8.56. The van der Waals surface area contributed by atoms with E-state index in [4.69, 9.17) is 23.2 Å². The number of pyridine rings is 1. The Morgan fingerprint density at radius 2 is 1.91 bits per heavy atom. The monoisotopic (exact) mass is 351 g/mol. The highest BCUT2D eigenvalue weighted by atomic mass is 35.5. The molecule has 6 heteroatoms. The Bertz CT molecular complexity index is 671. The van der Waals surface area contributed by atoms with Gasteiger partial charge < -0.3 is 10.2 Å². The first-order valence-electron chi connectivity index (χ1n) is 7.44. The number of halogens is 2. The second kappa shape index (κ2) is 8.18. The van der Waals surface area contributed by atoms with Gasteiger partial charge in [-0.25, -0.2) is 0 Å². The summed E-state index contributed by atoms with van der Waals surface area (Å²) in [6.45, 7) is 3.08. The van der Waals surface area contributed by atoms with Gasteiger partial charge in [0.25, 0.3) is 5.91 Å². The van der Waals surface area contributed by atoms with Gasteiger partial charge in [-0.15, -0.1) is 0 Å². The number of rotatable bonds is 6. The number of nitrogens with one attached hydrogen (secondary N) is 1. The molecule has 0 aliphatic heterocycles. The molecule has 0 fully saturated rings. The lowest BCUT2D eigenvalue weighted by Crippen LogP contribution is -2.20. The number of nitrogens with zero attached hydrogens (tertiary/aromatic N) is 2. The minimum absolute atomic E-state index is 0.297. The van der Waals surface area contributed by atoms with Crippen LogP contribution >= 0.6 is 23.2 Å². The van der Waals surface area contributed by atoms with Gasteiger partial charge in [0.2, 0.25) is 0 Å². The molecule has 4 nitrogen and oxygen atoms in total. The molecule has 1 aromatic heterocycles. The summed E-state index contributed by atoms with van der Waals surface area (Å²) >= 11 is 11.9. The molecule has 0 saturated carbocycles. The van der Waals surface area contributed by atoms with E-state index < -0.39 is 0 Å². The zero-order chi connectivity index (χ0) is 16.8. The van der Waals surface area contributed by atoms with Crippen LogP contribution in [0.5, 0.6) is 0 Å². The summed E-state index contributed by atoms with van der Waals surface area (Å²) in [6.07, 6.45) is 3.86. The lowest BCUT2D eigenvalue weighted by Gasteiger charge is -2.19. The quantitative estimate of drug-likeness (QED) is 0.806. The van der Waals surface area contributed by atoms with E-state index in [2.05, 4.69) is 22.1 Å². The molecule has 0 spiro atoms. The van der Waals surface area contributed by atoms with Crippen LogP contribution in [-0.4, -0.2) is 24.5 Å².